The fourth-order valence-corrected chi connectivity index (χ4v) is 3.52. The maximum Gasteiger partial charge on any atom is 0.276 e. The largest absolute Gasteiger partial charge is 0.495 e. The second-order valence-electron chi connectivity index (χ2n) is 6.00. The van der Waals surface area contributed by atoms with Crippen molar-refractivity contribution in [2.75, 3.05) is 7.11 Å². The van der Waals surface area contributed by atoms with E-state index in [9.17, 15) is 4.79 Å². The monoisotopic (exact) mass is 302 g/mol. The van der Waals surface area contributed by atoms with Gasteiger partial charge in [0.25, 0.3) is 5.91 Å². The lowest BCUT2D eigenvalue weighted by molar-refractivity contribution is 0.0708. The Morgan fingerprint density at radius 1 is 1.36 bits per heavy atom. The summed E-state index contributed by atoms with van der Waals surface area (Å²) in [5.74, 6) is 0.908. The number of nitrogens with one attached hydrogen (secondary N) is 1. The van der Waals surface area contributed by atoms with E-state index in [2.05, 4.69) is 4.57 Å². The molecule has 1 aromatic heterocycles. The number of hydrogen-bond acceptors (Lipinski definition) is 3. The van der Waals surface area contributed by atoms with Crippen LogP contribution in [0.4, 0.5) is 0 Å². The van der Waals surface area contributed by atoms with Crippen LogP contribution in [0.3, 0.4) is 0 Å². The highest BCUT2D eigenvalue weighted by Crippen LogP contribution is 2.32. The average Bonchev–Trinajstić information content (AvgIpc) is 2.94. The van der Waals surface area contributed by atoms with E-state index in [1.165, 1.54) is 32.1 Å². The van der Waals surface area contributed by atoms with Gasteiger partial charge in [-0.2, -0.15) is 0 Å². The van der Waals surface area contributed by atoms with Gasteiger partial charge in [-0.3, -0.25) is 10.0 Å². The topological polar surface area (TPSA) is 63.5 Å². The van der Waals surface area contributed by atoms with Crippen molar-refractivity contribution in [1.29, 1.82) is 0 Å². The number of methoxy groups -OCH3 is 1. The van der Waals surface area contributed by atoms with Gasteiger partial charge in [-0.05, 0) is 24.8 Å². The Balaban J connectivity index is 2.05. The van der Waals surface area contributed by atoms with Gasteiger partial charge in [-0.15, -0.1) is 0 Å². The molecule has 1 saturated carbocycles. The number of carbonyl (C=O) groups is 1. The molecule has 22 heavy (non-hydrogen) atoms. The van der Waals surface area contributed by atoms with Crippen LogP contribution in [0.2, 0.25) is 0 Å². The lowest BCUT2D eigenvalue weighted by atomic mass is 9.89. The van der Waals surface area contributed by atoms with Crippen molar-refractivity contribution in [3.63, 3.8) is 0 Å². The SMILES string of the molecule is COc1cccc2c(C(=O)NO)cn(CC3CCCCC3)c12. The maximum atomic E-state index is 11.9. The first kappa shape index (κ1) is 14.9. The van der Waals surface area contributed by atoms with Gasteiger partial charge in [0.15, 0.2) is 0 Å². The quantitative estimate of drug-likeness (QED) is 0.672. The number of nitrogens with zero attached hydrogens (tertiary/aromatic N) is 1. The zero-order valence-corrected chi connectivity index (χ0v) is 12.8. The van der Waals surface area contributed by atoms with Gasteiger partial charge in [0, 0.05) is 18.1 Å². The average molecular weight is 302 g/mol. The fourth-order valence-electron chi connectivity index (χ4n) is 3.52. The standard InChI is InChI=1S/C17H22N2O3/c1-22-15-9-5-8-13-14(17(20)18-21)11-19(16(13)15)10-12-6-3-2-4-7-12/h5,8-9,11-12,21H,2-4,6-7,10H2,1H3,(H,18,20). The van der Waals surface area contributed by atoms with Gasteiger partial charge >= 0.3 is 0 Å². The van der Waals surface area contributed by atoms with E-state index in [0.29, 0.717) is 11.5 Å². The minimum absolute atomic E-state index is 0.479. The van der Waals surface area contributed by atoms with E-state index in [-0.39, 0.29) is 0 Å². The number of para-hydroxylation sites is 1. The molecule has 5 heteroatoms. The number of amides is 1. The first-order valence-electron chi connectivity index (χ1n) is 7.85. The third kappa shape index (κ3) is 2.68. The molecule has 1 amide bonds. The smallest absolute Gasteiger partial charge is 0.276 e. The summed E-state index contributed by atoms with van der Waals surface area (Å²) in [5.41, 5.74) is 3.14. The molecule has 3 rings (SSSR count). The van der Waals surface area contributed by atoms with Crippen molar-refractivity contribution in [1.82, 2.24) is 10.0 Å². The molecule has 1 aliphatic carbocycles. The Morgan fingerprint density at radius 3 is 2.82 bits per heavy atom. The Bertz CT molecular complexity index is 672. The number of carbonyl (C=O) groups excluding carboxylic acids is 1. The molecule has 1 aromatic carbocycles. The van der Waals surface area contributed by atoms with Crippen LogP contribution in [-0.4, -0.2) is 22.8 Å². The van der Waals surface area contributed by atoms with E-state index in [1.807, 2.05) is 24.4 Å². The Morgan fingerprint density at radius 2 is 2.14 bits per heavy atom. The summed E-state index contributed by atoms with van der Waals surface area (Å²) in [6.45, 7) is 0.885. The highest BCUT2D eigenvalue weighted by molar-refractivity contribution is 6.07. The van der Waals surface area contributed by atoms with E-state index in [4.69, 9.17) is 9.94 Å². The molecule has 118 valence electrons. The summed E-state index contributed by atoms with van der Waals surface area (Å²) < 4.78 is 7.57. The second-order valence-corrected chi connectivity index (χ2v) is 6.00. The van der Waals surface area contributed by atoms with Crippen LogP contribution in [0, 0.1) is 5.92 Å². The number of aromatic nitrogens is 1. The third-order valence-electron chi connectivity index (χ3n) is 4.61. The molecule has 0 atom stereocenters. The van der Waals surface area contributed by atoms with Gasteiger partial charge in [-0.25, -0.2) is 5.48 Å². The molecule has 0 radical (unpaired) electrons. The summed E-state index contributed by atoms with van der Waals surface area (Å²) in [7, 11) is 1.64. The lowest BCUT2D eigenvalue weighted by Gasteiger charge is -2.22. The Labute approximate surface area is 129 Å². The van der Waals surface area contributed by atoms with Gasteiger partial charge in [0.1, 0.15) is 5.75 Å². The highest BCUT2D eigenvalue weighted by Gasteiger charge is 2.20. The molecule has 2 N–H and O–H groups in total. The number of hydroxylamine groups is 1. The van der Waals surface area contributed by atoms with Gasteiger partial charge < -0.3 is 9.30 Å². The highest BCUT2D eigenvalue weighted by atomic mass is 16.5. The predicted molar refractivity (Wildman–Crippen MR) is 84.3 cm³/mol. The predicted octanol–water partition coefficient (Wildman–Crippen LogP) is 3.35. The first-order valence-corrected chi connectivity index (χ1v) is 7.85. The number of benzene rings is 1. The molecule has 0 bridgehead atoms. The molecule has 1 aliphatic rings. The summed E-state index contributed by atoms with van der Waals surface area (Å²) >= 11 is 0. The van der Waals surface area contributed by atoms with Crippen molar-refractivity contribution < 1.29 is 14.7 Å². The zero-order chi connectivity index (χ0) is 15.5. The zero-order valence-electron chi connectivity index (χ0n) is 12.8. The van der Waals surface area contributed by atoms with Crippen LogP contribution in [-0.2, 0) is 6.54 Å². The van der Waals surface area contributed by atoms with Crippen molar-refractivity contribution in [2.24, 2.45) is 5.92 Å². The molecule has 2 aromatic rings. The third-order valence-corrected chi connectivity index (χ3v) is 4.61. The van der Waals surface area contributed by atoms with E-state index >= 15 is 0 Å². The molecule has 0 unspecified atom stereocenters. The van der Waals surface area contributed by atoms with Gasteiger partial charge in [-0.1, -0.05) is 31.4 Å². The van der Waals surface area contributed by atoms with Crippen molar-refractivity contribution in [2.45, 2.75) is 38.6 Å². The van der Waals surface area contributed by atoms with Crippen LogP contribution in [0.25, 0.3) is 10.9 Å². The van der Waals surface area contributed by atoms with E-state index in [1.54, 1.807) is 12.6 Å². The van der Waals surface area contributed by atoms with E-state index in [0.717, 1.165) is 23.2 Å². The molecule has 0 aliphatic heterocycles. The van der Waals surface area contributed by atoms with E-state index < -0.39 is 5.91 Å². The fraction of sp³-hybridized carbons (Fsp3) is 0.471. The summed E-state index contributed by atoms with van der Waals surface area (Å²) in [4.78, 5) is 11.9. The maximum absolute atomic E-state index is 11.9. The Hall–Kier alpha value is -2.01. The molecule has 0 saturated heterocycles. The normalized spacial score (nSPS) is 15.9. The van der Waals surface area contributed by atoms with Crippen LogP contribution >= 0.6 is 0 Å². The molecular weight excluding hydrogens is 280 g/mol. The summed E-state index contributed by atoms with van der Waals surface area (Å²) in [5, 5.41) is 9.77. The lowest BCUT2D eigenvalue weighted by Crippen LogP contribution is -2.18. The number of hydrogen-bond donors (Lipinski definition) is 2. The van der Waals surface area contributed by atoms with Crippen LogP contribution in [0.5, 0.6) is 5.75 Å². The number of ether oxygens (including phenoxy) is 1. The minimum atomic E-state index is -0.486. The van der Waals surface area contributed by atoms with Crippen molar-refractivity contribution in [3.8, 4) is 5.75 Å². The van der Waals surface area contributed by atoms with Crippen molar-refractivity contribution in [3.05, 3.63) is 30.0 Å². The number of fused-ring (bicyclic) bond motifs is 1. The van der Waals surface area contributed by atoms with Gasteiger partial charge in [0.2, 0.25) is 0 Å². The second kappa shape index (κ2) is 6.40. The van der Waals surface area contributed by atoms with Crippen LogP contribution in [0.1, 0.15) is 42.5 Å². The Kier molecular flexibility index (Phi) is 4.34. The van der Waals surface area contributed by atoms with Crippen LogP contribution in [0.15, 0.2) is 24.4 Å². The van der Waals surface area contributed by atoms with Crippen LogP contribution < -0.4 is 10.2 Å². The first-order chi connectivity index (χ1) is 10.7. The summed E-state index contributed by atoms with van der Waals surface area (Å²) in [6, 6.07) is 5.65. The minimum Gasteiger partial charge on any atom is -0.495 e. The molecule has 5 nitrogen and oxygen atoms in total. The summed E-state index contributed by atoms with van der Waals surface area (Å²) in [6.07, 6.45) is 8.18. The van der Waals surface area contributed by atoms with Crippen molar-refractivity contribution >= 4 is 16.8 Å². The number of rotatable bonds is 4. The molecule has 1 fully saturated rings. The molecule has 0 spiro atoms. The van der Waals surface area contributed by atoms with Gasteiger partial charge in [0.05, 0.1) is 18.2 Å². The molecule has 1 heterocycles. The molecular formula is C17H22N2O3.